The fourth-order valence-electron chi connectivity index (χ4n) is 0.922. The molecule has 0 bridgehead atoms. The Kier molecular flexibility index (Phi) is 18.8. The third-order valence-electron chi connectivity index (χ3n) is 1.82. The molecule has 0 fully saturated rings. The number of hydrogen-bond donors (Lipinski definition) is 3. The average Bonchev–Trinajstić information content (AvgIpc) is 2.19. The van der Waals surface area contributed by atoms with Crippen LogP contribution in [0.15, 0.2) is 0 Å². The lowest BCUT2D eigenvalue weighted by molar-refractivity contribution is 0.182. The van der Waals surface area contributed by atoms with Gasteiger partial charge in [-0.15, -0.1) is 0 Å². The molecule has 15 heavy (non-hydrogen) atoms. The first-order valence-corrected chi connectivity index (χ1v) is 5.86. The second kappa shape index (κ2) is 16.3. The van der Waals surface area contributed by atoms with E-state index in [0.717, 1.165) is 19.4 Å². The molecule has 5 heteroatoms. The molecule has 0 aliphatic rings. The Balaban J connectivity index is 0. The van der Waals surface area contributed by atoms with Crippen molar-refractivity contribution in [1.29, 1.82) is 0 Å². The van der Waals surface area contributed by atoms with E-state index < -0.39 is 7.32 Å². The molecule has 0 atom stereocenters. The molecule has 0 aliphatic carbocycles. The van der Waals surface area contributed by atoms with Crippen LogP contribution in [0.4, 0.5) is 0 Å². The quantitative estimate of drug-likeness (QED) is 0.424. The van der Waals surface area contributed by atoms with Crippen LogP contribution < -0.4 is 5.73 Å². The van der Waals surface area contributed by atoms with Crippen molar-refractivity contribution in [2.24, 2.45) is 5.73 Å². The Morgan fingerprint density at radius 2 is 1.60 bits per heavy atom. The molecule has 92 valence electrons. The molecule has 0 unspecified atom stereocenters. The van der Waals surface area contributed by atoms with Gasteiger partial charge in [-0.1, -0.05) is 39.5 Å². The van der Waals surface area contributed by atoms with Gasteiger partial charge in [-0.25, -0.2) is 0 Å². The Labute approximate surface area is 94.0 Å². The lowest BCUT2D eigenvalue weighted by Gasteiger charge is -2.00. The maximum atomic E-state index is 8.24. The van der Waals surface area contributed by atoms with E-state index in [0.29, 0.717) is 6.61 Å². The molecule has 0 radical (unpaired) electrons. The minimum atomic E-state index is -1.60. The van der Waals surface area contributed by atoms with Crippen LogP contribution in [0.2, 0.25) is 0 Å². The summed E-state index contributed by atoms with van der Waals surface area (Å²) in [5, 5.41) is 16.5. The van der Waals surface area contributed by atoms with E-state index in [9.17, 15) is 0 Å². The third-order valence-corrected chi connectivity index (χ3v) is 1.82. The fourth-order valence-corrected chi connectivity index (χ4v) is 0.922. The van der Waals surface area contributed by atoms with Gasteiger partial charge in [-0.05, 0) is 19.4 Å². The Bertz CT molecular complexity index is 103. The highest BCUT2D eigenvalue weighted by atomic mass is 16.6. The highest BCUT2D eigenvalue weighted by Crippen LogP contribution is 1.98. The van der Waals surface area contributed by atoms with Gasteiger partial charge in [0.25, 0.3) is 0 Å². The molecule has 0 saturated carbocycles. The summed E-state index contributed by atoms with van der Waals surface area (Å²) in [6, 6.07) is 0. The van der Waals surface area contributed by atoms with Crippen molar-refractivity contribution in [3.8, 4) is 0 Å². The van der Waals surface area contributed by atoms with Crippen molar-refractivity contribution in [3.63, 3.8) is 0 Å². The Morgan fingerprint density at radius 3 is 1.93 bits per heavy atom. The number of unbranched alkanes of at least 4 members (excludes halogenated alkanes) is 4. The zero-order chi connectivity index (χ0) is 11.9. The predicted octanol–water partition coefficient (Wildman–Crippen LogP) is 1.30. The summed E-state index contributed by atoms with van der Waals surface area (Å²) in [6.45, 7) is 5.54. The largest absolute Gasteiger partial charge is 0.633 e. The van der Waals surface area contributed by atoms with E-state index in [2.05, 4.69) is 18.5 Å². The van der Waals surface area contributed by atoms with Crippen LogP contribution in [0.1, 0.15) is 52.4 Å². The zero-order valence-electron chi connectivity index (χ0n) is 10.1. The first kappa shape index (κ1) is 17.3. The van der Waals surface area contributed by atoms with E-state index in [1.54, 1.807) is 0 Å². The second-order valence-corrected chi connectivity index (χ2v) is 3.40. The van der Waals surface area contributed by atoms with Gasteiger partial charge in [0.1, 0.15) is 0 Å². The summed E-state index contributed by atoms with van der Waals surface area (Å²) in [6.07, 6.45) is 6.76. The lowest BCUT2D eigenvalue weighted by Crippen LogP contribution is -2.17. The van der Waals surface area contributed by atoms with Gasteiger partial charge in [-0.2, -0.15) is 0 Å². The van der Waals surface area contributed by atoms with Crippen molar-refractivity contribution in [2.45, 2.75) is 52.4 Å². The Morgan fingerprint density at radius 1 is 1.00 bits per heavy atom. The number of rotatable bonds is 8. The van der Waals surface area contributed by atoms with Gasteiger partial charge < -0.3 is 20.4 Å². The van der Waals surface area contributed by atoms with Crippen LogP contribution in [0, 0.1) is 0 Å². The normalized spacial score (nSPS) is 9.40. The van der Waals surface area contributed by atoms with Crippen molar-refractivity contribution in [2.75, 3.05) is 13.2 Å². The average molecular weight is 219 g/mol. The summed E-state index contributed by atoms with van der Waals surface area (Å²) in [7, 11) is -1.60. The van der Waals surface area contributed by atoms with Gasteiger partial charge in [0, 0.05) is 6.61 Å². The zero-order valence-corrected chi connectivity index (χ0v) is 10.1. The Hall–Kier alpha value is -0.0951. The van der Waals surface area contributed by atoms with Crippen molar-refractivity contribution in [3.05, 3.63) is 0 Å². The molecule has 0 saturated heterocycles. The summed E-state index contributed by atoms with van der Waals surface area (Å²) in [4.78, 5) is 0. The smallest absolute Gasteiger partial charge is 0.402 e. The molecule has 0 aromatic heterocycles. The van der Waals surface area contributed by atoms with Crippen LogP contribution in [-0.2, 0) is 4.65 Å². The highest BCUT2D eigenvalue weighted by Gasteiger charge is 2.05. The van der Waals surface area contributed by atoms with Gasteiger partial charge in [0.05, 0.1) is 0 Å². The molecule has 0 aromatic carbocycles. The van der Waals surface area contributed by atoms with Gasteiger partial charge in [0.15, 0.2) is 0 Å². The fraction of sp³-hybridized carbons (Fsp3) is 1.00. The minimum absolute atomic E-state index is 0.442. The maximum Gasteiger partial charge on any atom is 0.633 e. The first-order valence-electron chi connectivity index (χ1n) is 5.86. The van der Waals surface area contributed by atoms with Crippen molar-refractivity contribution in [1.82, 2.24) is 0 Å². The third kappa shape index (κ3) is 24.9. The van der Waals surface area contributed by atoms with Crippen molar-refractivity contribution < 1.29 is 14.7 Å². The van der Waals surface area contributed by atoms with Gasteiger partial charge >= 0.3 is 7.32 Å². The van der Waals surface area contributed by atoms with Crippen LogP contribution in [0.25, 0.3) is 0 Å². The van der Waals surface area contributed by atoms with E-state index >= 15 is 0 Å². The molecule has 0 heterocycles. The van der Waals surface area contributed by atoms with Crippen LogP contribution >= 0.6 is 0 Å². The lowest BCUT2D eigenvalue weighted by atomic mass is 10.2. The molecular weight excluding hydrogens is 193 g/mol. The number of nitrogens with two attached hydrogens (primary N) is 1. The maximum absolute atomic E-state index is 8.24. The topological polar surface area (TPSA) is 75.7 Å². The molecule has 0 spiro atoms. The standard InChI is InChI=1S/C6H15BO3.C4H11N/c1-2-3-4-5-6-10-7(8)9;1-2-3-4-5/h8-9H,2-6H2,1H3;2-5H2,1H3. The minimum Gasteiger partial charge on any atom is -0.402 e. The van der Waals surface area contributed by atoms with Crippen LogP contribution in [0.3, 0.4) is 0 Å². The molecule has 0 aliphatic heterocycles. The summed E-state index contributed by atoms with van der Waals surface area (Å²) in [5.41, 5.74) is 5.14. The first-order chi connectivity index (χ1) is 7.18. The van der Waals surface area contributed by atoms with Gasteiger partial charge in [0.2, 0.25) is 0 Å². The molecule has 0 aromatic rings. The predicted molar refractivity (Wildman–Crippen MR) is 64.2 cm³/mol. The molecule has 0 rings (SSSR count). The van der Waals surface area contributed by atoms with Crippen molar-refractivity contribution >= 4 is 7.32 Å². The summed E-state index contributed by atoms with van der Waals surface area (Å²) in [5.74, 6) is 0. The van der Waals surface area contributed by atoms with E-state index in [1.807, 2.05) is 0 Å². The van der Waals surface area contributed by atoms with E-state index in [1.165, 1.54) is 25.7 Å². The highest BCUT2D eigenvalue weighted by molar-refractivity contribution is 6.32. The van der Waals surface area contributed by atoms with Crippen LogP contribution in [0.5, 0.6) is 0 Å². The second-order valence-electron chi connectivity index (χ2n) is 3.40. The molecular formula is C10H26BNO3. The summed E-state index contributed by atoms with van der Waals surface area (Å²) < 4.78 is 4.50. The summed E-state index contributed by atoms with van der Waals surface area (Å²) >= 11 is 0. The monoisotopic (exact) mass is 219 g/mol. The molecule has 0 amide bonds. The molecule has 4 nitrogen and oxygen atoms in total. The van der Waals surface area contributed by atoms with E-state index in [-0.39, 0.29) is 0 Å². The van der Waals surface area contributed by atoms with Crippen LogP contribution in [-0.4, -0.2) is 30.5 Å². The van der Waals surface area contributed by atoms with Gasteiger partial charge in [-0.3, -0.25) is 0 Å². The number of hydrogen-bond acceptors (Lipinski definition) is 4. The molecule has 4 N–H and O–H groups in total. The SMILES string of the molecule is CCCCCCOB(O)O.CCCCN. The van der Waals surface area contributed by atoms with E-state index in [4.69, 9.17) is 15.8 Å².